The molecule has 0 fully saturated rings. The minimum Gasteiger partial charge on any atom is -0.481 e. The quantitative estimate of drug-likeness (QED) is 0.741. The SMILES string of the molecule is Cc1cccc(O[C@H](C)C(=O)N[C@@H](C)c2ccc(-n3cncn3)cc2)c1. The average molecular weight is 350 g/mol. The zero-order chi connectivity index (χ0) is 18.5. The fraction of sp³-hybridized carbons (Fsp3) is 0.250. The van der Waals surface area contributed by atoms with E-state index < -0.39 is 6.10 Å². The molecule has 1 aromatic heterocycles. The van der Waals surface area contributed by atoms with Crippen LogP contribution in [0.4, 0.5) is 0 Å². The van der Waals surface area contributed by atoms with Gasteiger partial charge >= 0.3 is 0 Å². The molecule has 0 unspecified atom stereocenters. The maximum atomic E-state index is 12.4. The first kappa shape index (κ1) is 17.7. The second-order valence-electron chi connectivity index (χ2n) is 6.24. The molecule has 0 bridgehead atoms. The Morgan fingerprint density at radius 3 is 2.58 bits per heavy atom. The van der Waals surface area contributed by atoms with Gasteiger partial charge in [0, 0.05) is 0 Å². The summed E-state index contributed by atoms with van der Waals surface area (Å²) in [5, 5.41) is 7.08. The van der Waals surface area contributed by atoms with Crippen molar-refractivity contribution in [2.75, 3.05) is 0 Å². The second kappa shape index (κ2) is 7.82. The number of hydrogen-bond acceptors (Lipinski definition) is 4. The molecule has 0 aliphatic heterocycles. The third-order valence-electron chi connectivity index (χ3n) is 4.11. The van der Waals surface area contributed by atoms with E-state index in [0.717, 1.165) is 16.8 Å². The molecule has 1 amide bonds. The van der Waals surface area contributed by atoms with Gasteiger partial charge in [-0.05, 0) is 56.2 Å². The molecular formula is C20H22N4O2. The monoisotopic (exact) mass is 350 g/mol. The lowest BCUT2D eigenvalue weighted by Crippen LogP contribution is -2.37. The number of nitrogens with zero attached hydrogens (tertiary/aromatic N) is 3. The Kier molecular flexibility index (Phi) is 5.31. The molecule has 2 aromatic carbocycles. The van der Waals surface area contributed by atoms with Gasteiger partial charge in [-0.2, -0.15) is 5.10 Å². The summed E-state index contributed by atoms with van der Waals surface area (Å²) in [5.74, 6) is 0.539. The Bertz CT molecular complexity index is 860. The van der Waals surface area contributed by atoms with Gasteiger partial charge in [-0.25, -0.2) is 9.67 Å². The highest BCUT2D eigenvalue weighted by atomic mass is 16.5. The number of amides is 1. The molecule has 0 aliphatic rings. The van der Waals surface area contributed by atoms with Gasteiger partial charge in [0.2, 0.25) is 0 Å². The first-order valence-electron chi connectivity index (χ1n) is 8.51. The summed E-state index contributed by atoms with van der Waals surface area (Å²) in [4.78, 5) is 16.3. The van der Waals surface area contributed by atoms with Gasteiger partial charge in [0.1, 0.15) is 18.4 Å². The molecule has 0 radical (unpaired) electrons. The summed E-state index contributed by atoms with van der Waals surface area (Å²) in [6.45, 7) is 5.68. The van der Waals surface area contributed by atoms with Crippen LogP contribution < -0.4 is 10.1 Å². The van der Waals surface area contributed by atoms with E-state index in [1.165, 1.54) is 6.33 Å². The van der Waals surface area contributed by atoms with Gasteiger partial charge in [0.05, 0.1) is 11.7 Å². The van der Waals surface area contributed by atoms with Crippen LogP contribution in [-0.4, -0.2) is 26.8 Å². The van der Waals surface area contributed by atoms with Crippen LogP contribution in [0.15, 0.2) is 61.2 Å². The molecule has 1 N–H and O–H groups in total. The normalized spacial score (nSPS) is 13.0. The van der Waals surface area contributed by atoms with Gasteiger partial charge in [0.25, 0.3) is 5.91 Å². The summed E-state index contributed by atoms with van der Waals surface area (Å²) in [7, 11) is 0. The third-order valence-corrected chi connectivity index (χ3v) is 4.11. The zero-order valence-electron chi connectivity index (χ0n) is 15.1. The Morgan fingerprint density at radius 2 is 1.92 bits per heavy atom. The van der Waals surface area contributed by atoms with E-state index in [1.807, 2.05) is 62.4 Å². The lowest BCUT2D eigenvalue weighted by Gasteiger charge is -2.19. The van der Waals surface area contributed by atoms with Crippen molar-refractivity contribution in [2.45, 2.75) is 32.9 Å². The molecule has 2 atom stereocenters. The number of hydrogen-bond donors (Lipinski definition) is 1. The van der Waals surface area contributed by atoms with Crippen LogP contribution in [0.1, 0.15) is 31.0 Å². The number of aromatic nitrogens is 3. The predicted molar refractivity (Wildman–Crippen MR) is 99.2 cm³/mol. The summed E-state index contributed by atoms with van der Waals surface area (Å²) in [6, 6.07) is 15.4. The number of aryl methyl sites for hydroxylation is 1. The van der Waals surface area contributed by atoms with Gasteiger partial charge in [-0.3, -0.25) is 4.79 Å². The fourth-order valence-corrected chi connectivity index (χ4v) is 2.62. The Labute approximate surface area is 152 Å². The maximum Gasteiger partial charge on any atom is 0.261 e. The van der Waals surface area contributed by atoms with Gasteiger partial charge in [-0.1, -0.05) is 24.3 Å². The first-order chi connectivity index (χ1) is 12.5. The highest BCUT2D eigenvalue weighted by Gasteiger charge is 2.18. The first-order valence-corrected chi connectivity index (χ1v) is 8.51. The molecule has 134 valence electrons. The lowest BCUT2D eigenvalue weighted by atomic mass is 10.1. The van der Waals surface area contributed by atoms with E-state index in [9.17, 15) is 4.79 Å². The zero-order valence-corrected chi connectivity index (χ0v) is 15.1. The predicted octanol–water partition coefficient (Wildman–Crippen LogP) is 3.22. The number of rotatable bonds is 6. The molecule has 0 saturated carbocycles. The summed E-state index contributed by atoms with van der Waals surface area (Å²) < 4.78 is 7.42. The number of benzene rings is 2. The molecule has 3 aromatic rings. The molecule has 6 nitrogen and oxygen atoms in total. The standard InChI is InChI=1S/C20H22N4O2/c1-14-5-4-6-19(11-14)26-16(3)20(25)23-15(2)17-7-9-18(10-8-17)24-13-21-12-22-24/h4-13,15-16H,1-3H3,(H,23,25)/t15-,16+/m0/s1. The highest BCUT2D eigenvalue weighted by molar-refractivity contribution is 5.81. The summed E-state index contributed by atoms with van der Waals surface area (Å²) in [6.07, 6.45) is 2.56. The smallest absolute Gasteiger partial charge is 0.261 e. The number of carbonyl (C=O) groups is 1. The van der Waals surface area contributed by atoms with Crippen LogP contribution in [0.25, 0.3) is 5.69 Å². The van der Waals surface area contributed by atoms with Crippen LogP contribution in [0, 0.1) is 6.92 Å². The Hall–Kier alpha value is -3.15. The molecule has 6 heteroatoms. The van der Waals surface area contributed by atoms with Crippen molar-refractivity contribution >= 4 is 5.91 Å². The Balaban J connectivity index is 1.59. The van der Waals surface area contributed by atoms with Gasteiger partial charge < -0.3 is 10.1 Å². The van der Waals surface area contributed by atoms with Crippen molar-refractivity contribution < 1.29 is 9.53 Å². The Morgan fingerprint density at radius 1 is 1.15 bits per heavy atom. The summed E-state index contributed by atoms with van der Waals surface area (Å²) >= 11 is 0. The van der Waals surface area contributed by atoms with E-state index >= 15 is 0 Å². The maximum absolute atomic E-state index is 12.4. The van der Waals surface area contributed by atoms with Crippen LogP contribution in [0.2, 0.25) is 0 Å². The number of nitrogens with one attached hydrogen (secondary N) is 1. The fourth-order valence-electron chi connectivity index (χ4n) is 2.62. The van der Waals surface area contributed by atoms with Crippen molar-refractivity contribution in [3.63, 3.8) is 0 Å². The molecular weight excluding hydrogens is 328 g/mol. The largest absolute Gasteiger partial charge is 0.481 e. The van der Waals surface area contributed by atoms with Gasteiger partial charge in [-0.15, -0.1) is 0 Å². The number of carbonyl (C=O) groups excluding carboxylic acids is 1. The number of ether oxygens (including phenoxy) is 1. The van der Waals surface area contributed by atoms with E-state index in [-0.39, 0.29) is 11.9 Å². The highest BCUT2D eigenvalue weighted by Crippen LogP contribution is 2.17. The van der Waals surface area contributed by atoms with Gasteiger partial charge in [0.15, 0.2) is 6.10 Å². The molecule has 0 saturated heterocycles. The minimum absolute atomic E-state index is 0.129. The van der Waals surface area contributed by atoms with Crippen molar-refractivity contribution in [3.8, 4) is 11.4 Å². The molecule has 1 heterocycles. The van der Waals surface area contributed by atoms with Crippen molar-refractivity contribution in [1.82, 2.24) is 20.1 Å². The molecule has 0 aliphatic carbocycles. The van der Waals surface area contributed by atoms with Crippen LogP contribution in [0.3, 0.4) is 0 Å². The average Bonchev–Trinajstić information content (AvgIpc) is 3.16. The van der Waals surface area contributed by atoms with Crippen molar-refractivity contribution in [1.29, 1.82) is 0 Å². The molecule has 3 rings (SSSR count). The van der Waals surface area contributed by atoms with Crippen LogP contribution >= 0.6 is 0 Å². The third kappa shape index (κ3) is 4.27. The molecule has 26 heavy (non-hydrogen) atoms. The summed E-state index contributed by atoms with van der Waals surface area (Å²) in [5.41, 5.74) is 3.02. The van der Waals surface area contributed by atoms with E-state index in [2.05, 4.69) is 15.4 Å². The minimum atomic E-state index is -0.575. The topological polar surface area (TPSA) is 69.0 Å². The van der Waals surface area contributed by atoms with E-state index in [0.29, 0.717) is 5.75 Å². The lowest BCUT2D eigenvalue weighted by molar-refractivity contribution is -0.127. The van der Waals surface area contributed by atoms with Crippen LogP contribution in [0.5, 0.6) is 5.75 Å². The van der Waals surface area contributed by atoms with Crippen molar-refractivity contribution in [2.24, 2.45) is 0 Å². The molecule has 0 spiro atoms. The van der Waals surface area contributed by atoms with Crippen molar-refractivity contribution in [3.05, 3.63) is 72.3 Å². The van der Waals surface area contributed by atoms with E-state index in [1.54, 1.807) is 17.9 Å². The van der Waals surface area contributed by atoms with E-state index in [4.69, 9.17) is 4.74 Å². The van der Waals surface area contributed by atoms with Crippen LogP contribution in [-0.2, 0) is 4.79 Å². The second-order valence-corrected chi connectivity index (χ2v) is 6.24.